The topological polar surface area (TPSA) is 20.2 Å². The van der Waals surface area contributed by atoms with Crippen molar-refractivity contribution in [1.82, 2.24) is 0 Å². The fraction of sp³-hybridized carbons (Fsp3) is 0.167. The van der Waals surface area contributed by atoms with E-state index in [2.05, 4.69) is 75.5 Å². The lowest BCUT2D eigenvalue weighted by Crippen LogP contribution is -2.17. The highest BCUT2D eigenvalue weighted by molar-refractivity contribution is 14.1. The number of alkyl halides is 1. The Hall–Kier alpha value is -0.0400. The van der Waals surface area contributed by atoms with Crippen LogP contribution < -0.4 is 0 Å². The molecule has 0 fully saturated rings. The molecular weight excluding hydrogens is 414 g/mol. The summed E-state index contributed by atoms with van der Waals surface area (Å²) in [4.78, 5) is 0. The fourth-order valence-corrected chi connectivity index (χ4v) is 4.02. The van der Waals surface area contributed by atoms with Crippen molar-refractivity contribution in [3.8, 4) is 0 Å². The van der Waals surface area contributed by atoms with Crippen LogP contribution in [0.4, 0.5) is 0 Å². The maximum absolute atomic E-state index is 9.54. The van der Waals surface area contributed by atoms with Crippen molar-refractivity contribution in [2.24, 2.45) is 0 Å². The van der Waals surface area contributed by atoms with E-state index in [-0.39, 0.29) is 3.42 Å². The van der Waals surface area contributed by atoms with Crippen LogP contribution in [-0.4, -0.2) is 5.11 Å². The molecule has 0 aliphatic heterocycles. The number of allylic oxidation sites excluding steroid dienone is 3. The minimum absolute atomic E-state index is 0.0121. The number of aliphatic hydroxyl groups excluding tert-OH is 1. The van der Waals surface area contributed by atoms with Crippen LogP contribution in [0.15, 0.2) is 51.8 Å². The van der Waals surface area contributed by atoms with Gasteiger partial charge in [-0.05, 0) is 34.2 Å². The third kappa shape index (κ3) is 2.38. The number of halogens is 2. The molecule has 1 nitrogen and oxygen atoms in total. The van der Waals surface area contributed by atoms with Crippen LogP contribution in [-0.2, 0) is 3.42 Å². The maximum atomic E-state index is 9.54. The van der Waals surface area contributed by atoms with Crippen molar-refractivity contribution < 1.29 is 5.11 Å². The summed E-state index contributed by atoms with van der Waals surface area (Å²) in [6.07, 6.45) is 4.73. The van der Waals surface area contributed by atoms with Gasteiger partial charge in [-0.3, -0.25) is 0 Å². The first kappa shape index (κ1) is 11.4. The molecule has 0 amide bonds. The zero-order valence-corrected chi connectivity index (χ0v) is 12.3. The highest BCUT2D eigenvalue weighted by atomic mass is 127. The van der Waals surface area contributed by atoms with Crippen LogP contribution in [0.2, 0.25) is 0 Å². The molecule has 0 heterocycles. The highest BCUT2D eigenvalue weighted by Crippen LogP contribution is 2.44. The lowest BCUT2D eigenvalue weighted by molar-refractivity contribution is 0.423. The minimum atomic E-state index is -0.0121. The van der Waals surface area contributed by atoms with Crippen molar-refractivity contribution in [2.45, 2.75) is 9.84 Å². The molecule has 0 spiro atoms. The summed E-state index contributed by atoms with van der Waals surface area (Å²) < 4.78 is 1.01. The molecule has 1 aromatic rings. The van der Waals surface area contributed by atoms with Gasteiger partial charge in [0.1, 0.15) is 5.76 Å². The summed E-state index contributed by atoms with van der Waals surface area (Å²) in [6.45, 7) is 0. The molecule has 1 unspecified atom stereocenters. The smallest absolute Gasteiger partial charge is 0.124 e. The quantitative estimate of drug-likeness (QED) is 0.521. The van der Waals surface area contributed by atoms with E-state index in [0.29, 0.717) is 5.76 Å². The van der Waals surface area contributed by atoms with Crippen LogP contribution >= 0.6 is 45.2 Å². The van der Waals surface area contributed by atoms with Gasteiger partial charge >= 0.3 is 0 Å². The van der Waals surface area contributed by atoms with E-state index in [0.717, 1.165) is 10.0 Å². The Morgan fingerprint density at radius 1 is 1.20 bits per heavy atom. The maximum Gasteiger partial charge on any atom is 0.124 e. The van der Waals surface area contributed by atoms with E-state index in [1.165, 1.54) is 5.56 Å². The van der Waals surface area contributed by atoms with E-state index in [9.17, 15) is 5.11 Å². The van der Waals surface area contributed by atoms with Crippen molar-refractivity contribution in [3.63, 3.8) is 0 Å². The molecule has 15 heavy (non-hydrogen) atoms. The van der Waals surface area contributed by atoms with Crippen LogP contribution in [0.5, 0.6) is 0 Å². The van der Waals surface area contributed by atoms with Gasteiger partial charge in [0.25, 0.3) is 0 Å². The molecule has 0 saturated heterocycles. The van der Waals surface area contributed by atoms with Gasteiger partial charge in [0.15, 0.2) is 0 Å². The summed E-state index contributed by atoms with van der Waals surface area (Å²) in [6, 6.07) is 10.4. The van der Waals surface area contributed by atoms with E-state index in [4.69, 9.17) is 0 Å². The first-order chi connectivity index (χ1) is 7.12. The summed E-state index contributed by atoms with van der Waals surface area (Å²) in [5.41, 5.74) is 1.28. The molecule has 2 rings (SSSR count). The fourth-order valence-electron chi connectivity index (χ4n) is 1.59. The molecule has 0 aromatic heterocycles. The van der Waals surface area contributed by atoms with Gasteiger partial charge < -0.3 is 5.11 Å². The SMILES string of the molecule is OC1=C(I)CC(I)(c2ccccc2)C=C1. The van der Waals surface area contributed by atoms with Gasteiger partial charge in [-0.2, -0.15) is 0 Å². The molecule has 1 N–H and O–H groups in total. The lowest BCUT2D eigenvalue weighted by Gasteiger charge is -2.27. The van der Waals surface area contributed by atoms with E-state index < -0.39 is 0 Å². The standard InChI is InChI=1S/C12H10I2O/c13-10-8-12(14,7-6-11(10)15)9-4-2-1-3-5-9/h1-7,15H,8H2. The second-order valence-corrected chi connectivity index (χ2v) is 6.76. The van der Waals surface area contributed by atoms with Gasteiger partial charge in [0.05, 0.1) is 3.42 Å². The molecule has 1 aromatic carbocycles. The first-order valence-electron chi connectivity index (χ1n) is 4.63. The minimum Gasteiger partial charge on any atom is -0.507 e. The summed E-state index contributed by atoms with van der Waals surface area (Å²) in [7, 11) is 0. The number of hydrogen-bond acceptors (Lipinski definition) is 1. The largest absolute Gasteiger partial charge is 0.507 e. The Bertz CT molecular complexity index is 423. The van der Waals surface area contributed by atoms with Crippen LogP contribution in [0.3, 0.4) is 0 Å². The average molecular weight is 424 g/mol. The highest BCUT2D eigenvalue weighted by Gasteiger charge is 2.30. The number of aliphatic hydroxyl groups is 1. The first-order valence-corrected chi connectivity index (χ1v) is 6.79. The molecule has 1 atom stereocenters. The average Bonchev–Trinajstić information content (AvgIpc) is 2.26. The van der Waals surface area contributed by atoms with Gasteiger partial charge in [-0.15, -0.1) is 0 Å². The molecule has 0 radical (unpaired) electrons. The van der Waals surface area contributed by atoms with Crippen molar-refractivity contribution in [3.05, 3.63) is 57.4 Å². The van der Waals surface area contributed by atoms with Crippen LogP contribution in [0.25, 0.3) is 0 Å². The molecule has 0 saturated carbocycles. The number of hydrogen-bond donors (Lipinski definition) is 1. The second-order valence-electron chi connectivity index (χ2n) is 3.53. The molecule has 0 bridgehead atoms. The molecule has 1 aliphatic carbocycles. The Labute approximate surface area is 117 Å². The normalized spacial score (nSPS) is 25.7. The third-order valence-electron chi connectivity index (χ3n) is 2.45. The predicted molar refractivity (Wildman–Crippen MR) is 79.6 cm³/mol. The van der Waals surface area contributed by atoms with Crippen molar-refractivity contribution in [2.75, 3.05) is 0 Å². The zero-order valence-electron chi connectivity index (χ0n) is 7.95. The lowest BCUT2D eigenvalue weighted by atomic mass is 9.92. The van der Waals surface area contributed by atoms with Crippen molar-refractivity contribution in [1.29, 1.82) is 0 Å². The Kier molecular flexibility index (Phi) is 3.39. The van der Waals surface area contributed by atoms with Gasteiger partial charge in [0.2, 0.25) is 0 Å². The van der Waals surface area contributed by atoms with E-state index in [1.807, 2.05) is 6.07 Å². The van der Waals surface area contributed by atoms with Gasteiger partial charge in [0, 0.05) is 10.0 Å². The van der Waals surface area contributed by atoms with Crippen LogP contribution in [0, 0.1) is 0 Å². The molecule has 78 valence electrons. The third-order valence-corrected chi connectivity index (χ3v) is 4.75. The van der Waals surface area contributed by atoms with Crippen molar-refractivity contribution >= 4 is 45.2 Å². The monoisotopic (exact) mass is 424 g/mol. The predicted octanol–water partition coefficient (Wildman–Crippen LogP) is 4.48. The molecule has 1 aliphatic rings. The second kappa shape index (κ2) is 4.45. The number of rotatable bonds is 1. The Balaban J connectivity index is 2.36. The van der Waals surface area contributed by atoms with E-state index in [1.54, 1.807) is 6.08 Å². The molecular formula is C12H10I2O. The number of benzene rings is 1. The summed E-state index contributed by atoms with van der Waals surface area (Å²) in [5, 5.41) is 9.54. The Morgan fingerprint density at radius 3 is 2.47 bits per heavy atom. The van der Waals surface area contributed by atoms with Gasteiger partial charge in [-0.25, -0.2) is 0 Å². The van der Waals surface area contributed by atoms with Crippen LogP contribution in [0.1, 0.15) is 12.0 Å². The Morgan fingerprint density at radius 2 is 1.87 bits per heavy atom. The summed E-state index contributed by atoms with van der Waals surface area (Å²) >= 11 is 4.65. The van der Waals surface area contributed by atoms with E-state index >= 15 is 0 Å². The summed E-state index contributed by atoms with van der Waals surface area (Å²) in [5.74, 6) is 0.402. The van der Waals surface area contributed by atoms with Gasteiger partial charge in [-0.1, -0.05) is 59.0 Å². The zero-order chi connectivity index (χ0) is 10.9. The molecule has 3 heteroatoms.